The number of benzene rings is 1. The first-order valence-electron chi connectivity index (χ1n) is 5.56. The van der Waals surface area contributed by atoms with Crippen molar-refractivity contribution in [2.45, 2.75) is 20.4 Å². The van der Waals surface area contributed by atoms with Crippen LogP contribution in [-0.4, -0.2) is 4.98 Å². The molecule has 1 aromatic carbocycles. The number of nitrogens with zero attached hydrogens (tertiary/aromatic N) is 1. The highest BCUT2D eigenvalue weighted by Gasteiger charge is 1.98. The van der Waals surface area contributed by atoms with Crippen LogP contribution in [0.25, 0.3) is 0 Å². The van der Waals surface area contributed by atoms with Gasteiger partial charge in [0, 0.05) is 23.4 Å². The number of hydrogen-bond donors (Lipinski definition) is 1. The van der Waals surface area contributed by atoms with Crippen LogP contribution in [0.5, 0.6) is 0 Å². The zero-order chi connectivity index (χ0) is 12.3. The van der Waals surface area contributed by atoms with Gasteiger partial charge >= 0.3 is 0 Å². The van der Waals surface area contributed by atoms with Gasteiger partial charge in [0.25, 0.3) is 0 Å². The third kappa shape index (κ3) is 3.30. The molecule has 0 aliphatic rings. The van der Waals surface area contributed by atoms with Crippen molar-refractivity contribution in [2.75, 3.05) is 5.32 Å². The minimum atomic E-state index is 0.810. The lowest BCUT2D eigenvalue weighted by Crippen LogP contribution is -2.00. The van der Waals surface area contributed by atoms with Gasteiger partial charge in [-0.1, -0.05) is 28.1 Å². The highest BCUT2D eigenvalue weighted by Crippen LogP contribution is 2.18. The van der Waals surface area contributed by atoms with Crippen molar-refractivity contribution in [1.82, 2.24) is 4.98 Å². The Balaban J connectivity index is 2.05. The summed E-state index contributed by atoms with van der Waals surface area (Å²) in [4.78, 5) is 4.16. The minimum Gasteiger partial charge on any atom is -0.380 e. The molecule has 0 bridgehead atoms. The van der Waals surface area contributed by atoms with E-state index in [9.17, 15) is 0 Å². The fourth-order valence-corrected chi connectivity index (χ4v) is 2.03. The number of rotatable bonds is 3. The summed E-state index contributed by atoms with van der Waals surface area (Å²) in [6, 6.07) is 8.49. The van der Waals surface area contributed by atoms with E-state index in [-0.39, 0.29) is 0 Å². The van der Waals surface area contributed by atoms with Crippen LogP contribution in [0.15, 0.2) is 41.1 Å². The Hall–Kier alpha value is -1.35. The lowest BCUT2D eigenvalue weighted by atomic mass is 10.1. The molecule has 2 rings (SSSR count). The van der Waals surface area contributed by atoms with Gasteiger partial charge < -0.3 is 5.32 Å². The van der Waals surface area contributed by atoms with E-state index in [2.05, 4.69) is 57.4 Å². The fraction of sp³-hybridized carbons (Fsp3) is 0.214. The molecule has 0 aliphatic carbocycles. The van der Waals surface area contributed by atoms with Crippen molar-refractivity contribution in [3.63, 3.8) is 0 Å². The third-order valence-electron chi connectivity index (χ3n) is 2.61. The van der Waals surface area contributed by atoms with Crippen LogP contribution in [0.3, 0.4) is 0 Å². The Kier molecular flexibility index (Phi) is 3.79. The molecular weight excluding hydrogens is 276 g/mol. The van der Waals surface area contributed by atoms with Crippen molar-refractivity contribution in [1.29, 1.82) is 0 Å². The molecule has 0 spiro atoms. The average Bonchev–Trinajstić information content (AvgIpc) is 2.31. The minimum absolute atomic E-state index is 0.810. The molecule has 1 aromatic heterocycles. The molecule has 17 heavy (non-hydrogen) atoms. The molecule has 88 valence electrons. The predicted molar refractivity (Wildman–Crippen MR) is 75.2 cm³/mol. The van der Waals surface area contributed by atoms with Crippen molar-refractivity contribution in [2.24, 2.45) is 0 Å². The third-order valence-corrected chi connectivity index (χ3v) is 3.46. The molecule has 0 fully saturated rings. The molecule has 0 unspecified atom stereocenters. The predicted octanol–water partition coefficient (Wildman–Crippen LogP) is 4.07. The summed E-state index contributed by atoms with van der Waals surface area (Å²) in [6.07, 6.45) is 3.70. The van der Waals surface area contributed by atoms with E-state index in [1.165, 1.54) is 16.7 Å². The maximum absolute atomic E-state index is 4.16. The van der Waals surface area contributed by atoms with Gasteiger partial charge in [0.1, 0.15) is 0 Å². The summed E-state index contributed by atoms with van der Waals surface area (Å²) >= 11 is 3.54. The van der Waals surface area contributed by atoms with Crippen LogP contribution < -0.4 is 5.32 Å². The van der Waals surface area contributed by atoms with Crippen LogP contribution in [-0.2, 0) is 6.54 Å². The number of aromatic nitrogens is 1. The van der Waals surface area contributed by atoms with E-state index >= 15 is 0 Å². The highest BCUT2D eigenvalue weighted by atomic mass is 79.9. The lowest BCUT2D eigenvalue weighted by molar-refractivity contribution is 1.12. The largest absolute Gasteiger partial charge is 0.380 e. The SMILES string of the molecule is Cc1cncc(NCc2ccc(C)c(Br)c2)c1. The number of nitrogens with one attached hydrogen (secondary N) is 1. The van der Waals surface area contributed by atoms with E-state index in [0.717, 1.165) is 16.7 Å². The molecule has 1 heterocycles. The second kappa shape index (κ2) is 5.32. The molecule has 0 amide bonds. The summed E-state index contributed by atoms with van der Waals surface area (Å²) in [5, 5.41) is 3.37. The summed E-state index contributed by atoms with van der Waals surface area (Å²) in [5.74, 6) is 0. The Morgan fingerprint density at radius 3 is 2.71 bits per heavy atom. The van der Waals surface area contributed by atoms with E-state index in [0.29, 0.717) is 0 Å². The molecule has 0 saturated carbocycles. The van der Waals surface area contributed by atoms with Gasteiger partial charge in [0.05, 0.1) is 5.69 Å². The van der Waals surface area contributed by atoms with Crippen LogP contribution in [0.1, 0.15) is 16.7 Å². The number of pyridine rings is 1. The molecule has 2 aromatic rings. The van der Waals surface area contributed by atoms with Gasteiger partial charge in [-0.15, -0.1) is 0 Å². The second-order valence-electron chi connectivity index (χ2n) is 4.19. The Morgan fingerprint density at radius 1 is 1.18 bits per heavy atom. The summed E-state index contributed by atoms with van der Waals surface area (Å²) in [6.45, 7) is 4.94. The van der Waals surface area contributed by atoms with Crippen molar-refractivity contribution >= 4 is 21.6 Å². The van der Waals surface area contributed by atoms with Crippen molar-refractivity contribution < 1.29 is 0 Å². The normalized spacial score (nSPS) is 10.3. The standard InChI is InChI=1S/C14H15BrN2/c1-10-5-13(9-16-7-10)17-8-12-4-3-11(2)14(15)6-12/h3-7,9,17H,8H2,1-2H3. The molecular formula is C14H15BrN2. The summed E-state index contributed by atoms with van der Waals surface area (Å²) in [5.41, 5.74) is 4.73. The van der Waals surface area contributed by atoms with Crippen LogP contribution in [0.2, 0.25) is 0 Å². The Bertz CT molecular complexity index is 523. The van der Waals surface area contributed by atoms with Crippen molar-refractivity contribution in [3.05, 3.63) is 57.8 Å². The highest BCUT2D eigenvalue weighted by molar-refractivity contribution is 9.10. The molecule has 0 saturated heterocycles. The Labute approximate surface area is 110 Å². The molecule has 3 heteroatoms. The molecule has 0 radical (unpaired) electrons. The molecule has 0 aliphatic heterocycles. The average molecular weight is 291 g/mol. The second-order valence-corrected chi connectivity index (χ2v) is 5.04. The number of hydrogen-bond acceptors (Lipinski definition) is 2. The Morgan fingerprint density at radius 2 is 2.00 bits per heavy atom. The van der Waals surface area contributed by atoms with Crippen LogP contribution in [0, 0.1) is 13.8 Å². The zero-order valence-electron chi connectivity index (χ0n) is 10.00. The lowest BCUT2D eigenvalue weighted by Gasteiger charge is -2.08. The maximum Gasteiger partial charge on any atom is 0.0532 e. The van der Waals surface area contributed by atoms with E-state index < -0.39 is 0 Å². The van der Waals surface area contributed by atoms with Gasteiger partial charge in [-0.25, -0.2) is 0 Å². The quantitative estimate of drug-likeness (QED) is 0.922. The van der Waals surface area contributed by atoms with Gasteiger partial charge in [0.2, 0.25) is 0 Å². The number of aryl methyl sites for hydroxylation is 2. The molecule has 1 N–H and O–H groups in total. The van der Waals surface area contributed by atoms with E-state index in [1.807, 2.05) is 19.3 Å². The fourth-order valence-electron chi connectivity index (χ4n) is 1.60. The summed E-state index contributed by atoms with van der Waals surface area (Å²) < 4.78 is 1.15. The van der Waals surface area contributed by atoms with Gasteiger partial charge in [-0.3, -0.25) is 4.98 Å². The van der Waals surface area contributed by atoms with Gasteiger partial charge in [-0.05, 0) is 42.7 Å². The number of anilines is 1. The summed E-state index contributed by atoms with van der Waals surface area (Å²) in [7, 11) is 0. The maximum atomic E-state index is 4.16. The van der Waals surface area contributed by atoms with Crippen molar-refractivity contribution in [3.8, 4) is 0 Å². The van der Waals surface area contributed by atoms with E-state index in [4.69, 9.17) is 0 Å². The van der Waals surface area contributed by atoms with Gasteiger partial charge in [0.15, 0.2) is 0 Å². The first-order chi connectivity index (χ1) is 8.15. The van der Waals surface area contributed by atoms with Crippen LogP contribution in [0.4, 0.5) is 5.69 Å². The topological polar surface area (TPSA) is 24.9 Å². The van der Waals surface area contributed by atoms with Gasteiger partial charge in [-0.2, -0.15) is 0 Å². The molecule has 2 nitrogen and oxygen atoms in total. The monoisotopic (exact) mass is 290 g/mol. The first kappa shape index (κ1) is 12.1. The number of halogens is 1. The van der Waals surface area contributed by atoms with E-state index in [1.54, 1.807) is 0 Å². The molecule has 0 atom stereocenters. The zero-order valence-corrected chi connectivity index (χ0v) is 11.6. The smallest absolute Gasteiger partial charge is 0.0532 e. The van der Waals surface area contributed by atoms with Crippen LogP contribution >= 0.6 is 15.9 Å². The first-order valence-corrected chi connectivity index (χ1v) is 6.35.